The van der Waals surface area contributed by atoms with Gasteiger partial charge in [-0.3, -0.25) is 5.32 Å². The van der Waals surface area contributed by atoms with Crippen LogP contribution in [-0.4, -0.2) is 47.5 Å². The first kappa shape index (κ1) is 15.7. The molecule has 1 aliphatic heterocycles. The van der Waals surface area contributed by atoms with E-state index in [1.54, 1.807) is 40.3 Å². The molecule has 0 unspecified atom stereocenters. The number of carbonyl (C=O) groups is 1. The highest BCUT2D eigenvalue weighted by molar-refractivity contribution is 5.82. The predicted octanol–water partition coefficient (Wildman–Crippen LogP) is 1.35. The maximum absolute atomic E-state index is 11.6. The number of anilines is 1. The fourth-order valence-electron chi connectivity index (χ4n) is 2.02. The van der Waals surface area contributed by atoms with E-state index in [2.05, 4.69) is 20.6 Å². The molecule has 2 heterocycles. The van der Waals surface area contributed by atoms with Gasteiger partial charge in [-0.25, -0.2) is 14.8 Å². The van der Waals surface area contributed by atoms with Gasteiger partial charge in [-0.1, -0.05) is 0 Å². The number of hydrogen-bond donors (Lipinski definition) is 2. The van der Waals surface area contributed by atoms with Gasteiger partial charge in [-0.05, 0) is 26.3 Å². The normalized spacial score (nSPS) is 17.0. The molecule has 0 saturated carbocycles. The topological polar surface area (TPSA) is 85.4 Å². The monoisotopic (exact) mass is 294 g/mol. The fraction of sp³-hybridized carbons (Fsp3) is 0.643. The summed E-state index contributed by atoms with van der Waals surface area (Å²) in [5.74, 6) is 0.228. The minimum absolute atomic E-state index is 0.163. The van der Waals surface area contributed by atoms with Crippen molar-refractivity contribution in [3.63, 3.8) is 0 Å². The standard InChI is InChI=1S/C14H22N4O3/c1-13(2,3)21-12(19)18-11-16-6-10(7-17-11)5-14(20-4)8-15-9-14/h6-7,15H,5,8-9H2,1-4H3,(H,16,17,18,19). The van der Waals surface area contributed by atoms with Crippen LogP contribution in [0.15, 0.2) is 12.4 Å². The third-order valence-corrected chi connectivity index (χ3v) is 3.17. The van der Waals surface area contributed by atoms with Gasteiger partial charge >= 0.3 is 6.09 Å². The highest BCUT2D eigenvalue weighted by Crippen LogP contribution is 2.21. The fourth-order valence-corrected chi connectivity index (χ4v) is 2.02. The molecule has 1 amide bonds. The Morgan fingerprint density at radius 1 is 1.38 bits per heavy atom. The Bertz CT molecular complexity index is 486. The lowest BCUT2D eigenvalue weighted by atomic mass is 9.90. The van der Waals surface area contributed by atoms with Crippen LogP contribution in [0.2, 0.25) is 0 Å². The molecule has 1 aromatic heterocycles. The lowest BCUT2D eigenvalue weighted by molar-refractivity contribution is -0.0503. The lowest BCUT2D eigenvalue weighted by Gasteiger charge is -2.41. The van der Waals surface area contributed by atoms with E-state index in [1.165, 1.54) is 0 Å². The van der Waals surface area contributed by atoms with E-state index >= 15 is 0 Å². The molecule has 21 heavy (non-hydrogen) atoms. The molecule has 7 nitrogen and oxygen atoms in total. The number of carbonyl (C=O) groups excluding carboxylic acids is 1. The summed E-state index contributed by atoms with van der Waals surface area (Å²) < 4.78 is 10.7. The molecule has 1 fully saturated rings. The van der Waals surface area contributed by atoms with Gasteiger partial charge in [0.15, 0.2) is 0 Å². The van der Waals surface area contributed by atoms with Crippen molar-refractivity contribution in [3.05, 3.63) is 18.0 Å². The number of amides is 1. The quantitative estimate of drug-likeness (QED) is 0.872. The van der Waals surface area contributed by atoms with Gasteiger partial charge in [-0.15, -0.1) is 0 Å². The second kappa shape index (κ2) is 5.95. The molecule has 0 bridgehead atoms. The Kier molecular flexibility index (Phi) is 4.43. The summed E-state index contributed by atoms with van der Waals surface area (Å²) >= 11 is 0. The van der Waals surface area contributed by atoms with E-state index in [-0.39, 0.29) is 11.5 Å². The molecule has 1 aliphatic rings. The second-order valence-corrected chi connectivity index (χ2v) is 6.21. The number of methoxy groups -OCH3 is 1. The van der Waals surface area contributed by atoms with Gasteiger partial charge < -0.3 is 14.8 Å². The summed E-state index contributed by atoms with van der Waals surface area (Å²) in [6.45, 7) is 7.04. The molecule has 2 N–H and O–H groups in total. The van der Waals surface area contributed by atoms with Crippen molar-refractivity contribution in [1.29, 1.82) is 0 Å². The van der Waals surface area contributed by atoms with Crippen molar-refractivity contribution in [2.75, 3.05) is 25.5 Å². The van der Waals surface area contributed by atoms with Crippen LogP contribution in [0.3, 0.4) is 0 Å². The second-order valence-electron chi connectivity index (χ2n) is 6.21. The number of aromatic nitrogens is 2. The molecule has 2 rings (SSSR count). The smallest absolute Gasteiger partial charge is 0.414 e. The van der Waals surface area contributed by atoms with Gasteiger partial charge in [0.2, 0.25) is 5.95 Å². The van der Waals surface area contributed by atoms with Crippen LogP contribution in [0.1, 0.15) is 26.3 Å². The first-order valence-electron chi connectivity index (χ1n) is 6.89. The summed E-state index contributed by atoms with van der Waals surface area (Å²) in [6.07, 6.45) is 3.56. The molecule has 7 heteroatoms. The van der Waals surface area contributed by atoms with Gasteiger partial charge in [0.25, 0.3) is 0 Å². The maximum atomic E-state index is 11.6. The Hall–Kier alpha value is -1.73. The van der Waals surface area contributed by atoms with E-state index in [0.717, 1.165) is 25.1 Å². The van der Waals surface area contributed by atoms with Crippen molar-refractivity contribution in [2.45, 2.75) is 38.4 Å². The third-order valence-electron chi connectivity index (χ3n) is 3.17. The number of nitrogens with one attached hydrogen (secondary N) is 2. The molecule has 0 atom stereocenters. The van der Waals surface area contributed by atoms with Gasteiger partial charge in [-0.2, -0.15) is 0 Å². The van der Waals surface area contributed by atoms with E-state index in [9.17, 15) is 4.79 Å². The van der Waals surface area contributed by atoms with Crippen molar-refractivity contribution in [1.82, 2.24) is 15.3 Å². The van der Waals surface area contributed by atoms with Crippen molar-refractivity contribution in [2.24, 2.45) is 0 Å². The van der Waals surface area contributed by atoms with Crippen LogP contribution in [0.5, 0.6) is 0 Å². The van der Waals surface area contributed by atoms with E-state index in [0.29, 0.717) is 0 Å². The summed E-state index contributed by atoms with van der Waals surface area (Å²) in [5.41, 5.74) is 0.253. The predicted molar refractivity (Wildman–Crippen MR) is 78.2 cm³/mol. The summed E-state index contributed by atoms with van der Waals surface area (Å²) in [5, 5.41) is 5.70. The van der Waals surface area contributed by atoms with Crippen LogP contribution in [-0.2, 0) is 15.9 Å². The summed E-state index contributed by atoms with van der Waals surface area (Å²) in [4.78, 5) is 19.9. The zero-order chi connectivity index (χ0) is 15.5. The molecule has 116 valence electrons. The Balaban J connectivity index is 1.91. The van der Waals surface area contributed by atoms with E-state index in [4.69, 9.17) is 9.47 Å². The summed E-state index contributed by atoms with van der Waals surface area (Å²) in [6, 6.07) is 0. The van der Waals surface area contributed by atoms with Gasteiger partial charge in [0.1, 0.15) is 5.60 Å². The summed E-state index contributed by atoms with van der Waals surface area (Å²) in [7, 11) is 1.71. The van der Waals surface area contributed by atoms with E-state index in [1.807, 2.05) is 0 Å². The van der Waals surface area contributed by atoms with Crippen molar-refractivity contribution in [3.8, 4) is 0 Å². The molecular weight excluding hydrogens is 272 g/mol. The highest BCUT2D eigenvalue weighted by atomic mass is 16.6. The zero-order valence-electron chi connectivity index (χ0n) is 12.9. The Morgan fingerprint density at radius 2 is 2.00 bits per heavy atom. The number of ether oxygens (including phenoxy) is 2. The van der Waals surface area contributed by atoms with Gasteiger partial charge in [0.05, 0.1) is 5.60 Å². The minimum atomic E-state index is -0.563. The zero-order valence-corrected chi connectivity index (χ0v) is 12.9. The SMILES string of the molecule is COC1(Cc2cnc(NC(=O)OC(C)(C)C)nc2)CNC1. The van der Waals surface area contributed by atoms with Gasteiger partial charge in [0, 0.05) is 39.0 Å². The van der Waals surface area contributed by atoms with E-state index < -0.39 is 11.7 Å². The first-order valence-corrected chi connectivity index (χ1v) is 6.89. The molecular formula is C14H22N4O3. The average Bonchev–Trinajstić information content (AvgIpc) is 2.33. The van der Waals surface area contributed by atoms with Crippen molar-refractivity contribution >= 4 is 12.0 Å². The molecule has 0 aliphatic carbocycles. The number of rotatable bonds is 4. The first-order chi connectivity index (χ1) is 9.82. The molecule has 0 aromatic carbocycles. The maximum Gasteiger partial charge on any atom is 0.414 e. The van der Waals surface area contributed by atoms with Crippen molar-refractivity contribution < 1.29 is 14.3 Å². The van der Waals surface area contributed by atoms with Crippen LogP contribution in [0.25, 0.3) is 0 Å². The Labute approximate surface area is 124 Å². The number of hydrogen-bond acceptors (Lipinski definition) is 6. The van der Waals surface area contributed by atoms with Crippen LogP contribution in [0.4, 0.5) is 10.7 Å². The van der Waals surface area contributed by atoms with Crippen LogP contribution >= 0.6 is 0 Å². The largest absolute Gasteiger partial charge is 0.444 e. The third kappa shape index (κ3) is 4.37. The van der Waals surface area contributed by atoms with Crippen LogP contribution in [0, 0.1) is 0 Å². The average molecular weight is 294 g/mol. The molecule has 0 radical (unpaired) electrons. The Morgan fingerprint density at radius 3 is 2.43 bits per heavy atom. The molecule has 1 aromatic rings. The lowest BCUT2D eigenvalue weighted by Crippen LogP contribution is -2.61. The molecule has 1 saturated heterocycles. The van der Waals surface area contributed by atoms with Crippen LogP contribution < -0.4 is 10.6 Å². The number of nitrogens with zero attached hydrogens (tertiary/aromatic N) is 2. The minimum Gasteiger partial charge on any atom is -0.444 e. The highest BCUT2D eigenvalue weighted by Gasteiger charge is 2.37. The molecule has 0 spiro atoms.